The summed E-state index contributed by atoms with van der Waals surface area (Å²) in [6.07, 6.45) is -9.51. The van der Waals surface area contributed by atoms with Crippen molar-refractivity contribution >= 4 is 22.6 Å². The molecular formula is C14H7F6IO. The Morgan fingerprint density at radius 2 is 1.45 bits per heavy atom. The lowest BCUT2D eigenvalue weighted by Gasteiger charge is -2.15. The van der Waals surface area contributed by atoms with Crippen molar-refractivity contribution in [2.24, 2.45) is 0 Å². The molecule has 0 aliphatic rings. The van der Waals surface area contributed by atoms with Crippen LogP contribution in [0.4, 0.5) is 26.3 Å². The molecule has 2 aromatic rings. The molecule has 0 radical (unpaired) electrons. The molecule has 0 fully saturated rings. The molecule has 8 heteroatoms. The lowest BCUT2D eigenvalue weighted by atomic mass is 10.0. The first kappa shape index (κ1) is 16.9. The molecule has 2 rings (SSSR count). The molecule has 1 nitrogen and oxygen atoms in total. The maximum Gasteiger partial charge on any atom is 0.573 e. The average molecular weight is 432 g/mol. The number of hydrogen-bond donors (Lipinski definition) is 0. The van der Waals surface area contributed by atoms with Crippen LogP contribution in [-0.2, 0) is 6.18 Å². The summed E-state index contributed by atoms with van der Waals surface area (Å²) >= 11 is 1.76. The molecule has 0 aliphatic heterocycles. The first-order valence-electron chi connectivity index (χ1n) is 5.80. The second-order valence-corrected chi connectivity index (χ2v) is 5.40. The van der Waals surface area contributed by atoms with Crippen LogP contribution in [0.2, 0.25) is 0 Å². The molecule has 2 aromatic carbocycles. The average Bonchev–Trinajstić information content (AvgIpc) is 2.37. The van der Waals surface area contributed by atoms with E-state index in [0.717, 1.165) is 18.2 Å². The van der Waals surface area contributed by atoms with E-state index in [2.05, 4.69) is 4.74 Å². The van der Waals surface area contributed by atoms with Gasteiger partial charge in [-0.1, -0.05) is 18.2 Å². The van der Waals surface area contributed by atoms with Crippen LogP contribution in [0.5, 0.6) is 5.75 Å². The zero-order valence-electron chi connectivity index (χ0n) is 10.6. The number of alkyl halides is 6. The van der Waals surface area contributed by atoms with Crippen molar-refractivity contribution in [1.29, 1.82) is 0 Å². The molecule has 0 saturated heterocycles. The highest BCUT2D eigenvalue weighted by Crippen LogP contribution is 2.39. The lowest BCUT2D eigenvalue weighted by Crippen LogP contribution is -2.17. The van der Waals surface area contributed by atoms with Gasteiger partial charge in [0.2, 0.25) is 0 Å². The fourth-order valence-electron chi connectivity index (χ4n) is 1.81. The number of rotatable bonds is 2. The van der Waals surface area contributed by atoms with Crippen LogP contribution in [0.15, 0.2) is 42.5 Å². The Bertz CT molecular complexity index is 678. The molecule has 0 saturated carbocycles. The Balaban J connectivity index is 2.57. The molecule has 0 atom stereocenters. The third-order valence-electron chi connectivity index (χ3n) is 2.70. The highest BCUT2D eigenvalue weighted by atomic mass is 127. The van der Waals surface area contributed by atoms with Gasteiger partial charge in [0.25, 0.3) is 0 Å². The number of hydrogen-bond acceptors (Lipinski definition) is 1. The van der Waals surface area contributed by atoms with Crippen molar-refractivity contribution in [1.82, 2.24) is 0 Å². The van der Waals surface area contributed by atoms with Crippen molar-refractivity contribution < 1.29 is 31.1 Å². The van der Waals surface area contributed by atoms with E-state index in [4.69, 9.17) is 0 Å². The molecule has 0 unspecified atom stereocenters. The molecule has 0 amide bonds. The maximum absolute atomic E-state index is 12.8. The van der Waals surface area contributed by atoms with E-state index < -0.39 is 23.9 Å². The van der Waals surface area contributed by atoms with Crippen molar-refractivity contribution in [3.63, 3.8) is 0 Å². The Morgan fingerprint density at radius 3 is 2.05 bits per heavy atom. The lowest BCUT2D eigenvalue weighted by molar-refractivity contribution is -0.274. The number of ether oxygens (including phenoxy) is 1. The molecule has 0 spiro atoms. The SMILES string of the molecule is FC(F)(F)Oc1ccccc1-c1cc(C(F)(F)F)ccc1I. The summed E-state index contributed by atoms with van der Waals surface area (Å²) in [5.41, 5.74) is -0.977. The van der Waals surface area contributed by atoms with Crippen molar-refractivity contribution in [3.05, 3.63) is 51.6 Å². The topological polar surface area (TPSA) is 9.23 Å². The molecule has 0 aliphatic carbocycles. The van der Waals surface area contributed by atoms with E-state index in [9.17, 15) is 26.3 Å². The molecule has 0 bridgehead atoms. The Hall–Kier alpha value is -1.45. The van der Waals surface area contributed by atoms with Crippen LogP contribution >= 0.6 is 22.6 Å². The second-order valence-electron chi connectivity index (χ2n) is 4.24. The molecular weight excluding hydrogens is 425 g/mol. The summed E-state index contributed by atoms with van der Waals surface area (Å²) in [6, 6.07) is 7.94. The molecule has 0 N–H and O–H groups in total. The third kappa shape index (κ3) is 4.05. The molecule has 22 heavy (non-hydrogen) atoms. The van der Waals surface area contributed by atoms with Crippen LogP contribution in [0.25, 0.3) is 11.1 Å². The normalized spacial score (nSPS) is 12.3. The quantitative estimate of drug-likeness (QED) is 0.426. The standard InChI is InChI=1S/C14H7F6IO/c15-13(16,17)8-5-6-11(21)10(7-8)9-3-1-2-4-12(9)22-14(18,19)20/h1-7H. The molecule has 0 aromatic heterocycles. The number of benzene rings is 2. The van der Waals surface area contributed by atoms with Gasteiger partial charge in [0, 0.05) is 9.13 Å². The van der Waals surface area contributed by atoms with Crippen LogP contribution in [0.1, 0.15) is 5.56 Å². The van der Waals surface area contributed by atoms with Gasteiger partial charge in [-0.3, -0.25) is 0 Å². The van der Waals surface area contributed by atoms with E-state index in [1.807, 2.05) is 0 Å². The van der Waals surface area contributed by atoms with E-state index in [0.29, 0.717) is 3.57 Å². The predicted octanol–water partition coefficient (Wildman–Crippen LogP) is 5.88. The van der Waals surface area contributed by atoms with Gasteiger partial charge in [-0.2, -0.15) is 13.2 Å². The van der Waals surface area contributed by atoms with Crippen LogP contribution in [0.3, 0.4) is 0 Å². The number of para-hydroxylation sites is 1. The van der Waals surface area contributed by atoms with Gasteiger partial charge in [-0.05, 0) is 52.4 Å². The van der Waals surface area contributed by atoms with E-state index in [-0.39, 0.29) is 11.1 Å². The fraction of sp³-hybridized carbons (Fsp3) is 0.143. The van der Waals surface area contributed by atoms with Crippen molar-refractivity contribution in [2.45, 2.75) is 12.5 Å². The summed E-state index contributed by atoms with van der Waals surface area (Å²) < 4.78 is 79.8. The van der Waals surface area contributed by atoms with E-state index in [1.165, 1.54) is 24.3 Å². The van der Waals surface area contributed by atoms with E-state index in [1.54, 1.807) is 22.6 Å². The summed E-state index contributed by atoms with van der Waals surface area (Å²) in [7, 11) is 0. The highest BCUT2D eigenvalue weighted by Gasteiger charge is 2.33. The smallest absolute Gasteiger partial charge is 0.405 e. The first-order valence-corrected chi connectivity index (χ1v) is 6.88. The van der Waals surface area contributed by atoms with Crippen LogP contribution in [-0.4, -0.2) is 6.36 Å². The third-order valence-corrected chi connectivity index (χ3v) is 3.64. The minimum atomic E-state index is -4.93. The van der Waals surface area contributed by atoms with Crippen molar-refractivity contribution in [2.75, 3.05) is 0 Å². The molecule has 118 valence electrons. The summed E-state index contributed by atoms with van der Waals surface area (Å²) in [6.45, 7) is 0. The summed E-state index contributed by atoms with van der Waals surface area (Å²) in [5.74, 6) is -0.549. The molecule has 0 heterocycles. The Kier molecular flexibility index (Phi) is 4.59. The monoisotopic (exact) mass is 432 g/mol. The van der Waals surface area contributed by atoms with Crippen LogP contribution in [0, 0.1) is 3.57 Å². The second kappa shape index (κ2) is 5.98. The Labute approximate surface area is 135 Å². The maximum atomic E-state index is 12.8. The largest absolute Gasteiger partial charge is 0.573 e. The first-order chi connectivity index (χ1) is 10.1. The summed E-state index contributed by atoms with van der Waals surface area (Å²) in [5, 5.41) is 0. The minimum absolute atomic E-state index is 0.0234. The van der Waals surface area contributed by atoms with E-state index >= 15 is 0 Å². The van der Waals surface area contributed by atoms with Gasteiger partial charge in [-0.25, -0.2) is 0 Å². The van der Waals surface area contributed by atoms with Gasteiger partial charge in [0.1, 0.15) is 5.75 Å². The zero-order valence-corrected chi connectivity index (χ0v) is 12.8. The summed E-state index contributed by atoms with van der Waals surface area (Å²) in [4.78, 5) is 0. The minimum Gasteiger partial charge on any atom is -0.405 e. The fourth-order valence-corrected chi connectivity index (χ4v) is 2.44. The highest BCUT2D eigenvalue weighted by molar-refractivity contribution is 14.1. The van der Waals surface area contributed by atoms with Gasteiger partial charge >= 0.3 is 12.5 Å². The van der Waals surface area contributed by atoms with Crippen molar-refractivity contribution in [3.8, 4) is 16.9 Å². The van der Waals surface area contributed by atoms with Gasteiger partial charge in [0.15, 0.2) is 0 Å². The van der Waals surface area contributed by atoms with Gasteiger partial charge in [0.05, 0.1) is 5.56 Å². The van der Waals surface area contributed by atoms with Crippen LogP contribution < -0.4 is 4.74 Å². The Morgan fingerprint density at radius 1 is 0.818 bits per heavy atom. The predicted molar refractivity (Wildman–Crippen MR) is 76.3 cm³/mol. The van der Waals surface area contributed by atoms with Gasteiger partial charge < -0.3 is 4.74 Å². The number of halogens is 7. The van der Waals surface area contributed by atoms with Gasteiger partial charge in [-0.15, -0.1) is 13.2 Å². The zero-order chi connectivity index (χ0) is 16.5.